The number of nitro groups is 2. The van der Waals surface area contributed by atoms with Crippen molar-refractivity contribution in [2.24, 2.45) is 0 Å². The van der Waals surface area contributed by atoms with Crippen molar-refractivity contribution in [2.45, 2.75) is 13.0 Å². The minimum Gasteiger partial charge on any atom is -0.407 e. The molecular formula is C20H18N2O5Si. The second-order valence-electron chi connectivity index (χ2n) is 6.25. The molecular weight excluding hydrogens is 376 g/mol. The lowest BCUT2D eigenvalue weighted by atomic mass is 9.98. The van der Waals surface area contributed by atoms with Crippen LogP contribution < -0.4 is 5.19 Å². The molecule has 0 bridgehead atoms. The molecule has 0 aliphatic heterocycles. The van der Waals surface area contributed by atoms with Crippen LogP contribution in [0.15, 0.2) is 72.8 Å². The van der Waals surface area contributed by atoms with Crippen LogP contribution in [0.25, 0.3) is 0 Å². The van der Waals surface area contributed by atoms with Crippen molar-refractivity contribution in [3.63, 3.8) is 0 Å². The highest BCUT2D eigenvalue weighted by Gasteiger charge is 2.29. The van der Waals surface area contributed by atoms with Crippen molar-refractivity contribution in [1.82, 2.24) is 0 Å². The molecule has 0 saturated heterocycles. The fourth-order valence-corrected chi connectivity index (χ4v) is 4.33. The van der Waals surface area contributed by atoms with Gasteiger partial charge in [-0.1, -0.05) is 54.1 Å². The number of para-hydroxylation sites is 2. The Morgan fingerprint density at radius 2 is 1.25 bits per heavy atom. The van der Waals surface area contributed by atoms with Crippen molar-refractivity contribution >= 4 is 26.3 Å². The van der Waals surface area contributed by atoms with E-state index in [1.54, 1.807) is 36.4 Å². The zero-order valence-electron chi connectivity index (χ0n) is 15.1. The summed E-state index contributed by atoms with van der Waals surface area (Å²) in [6, 6.07) is 20.2. The summed E-state index contributed by atoms with van der Waals surface area (Å²) in [5, 5.41) is 24.1. The Hall–Kier alpha value is -3.36. The van der Waals surface area contributed by atoms with E-state index in [4.69, 9.17) is 4.43 Å². The first-order valence-electron chi connectivity index (χ1n) is 8.61. The van der Waals surface area contributed by atoms with Gasteiger partial charge < -0.3 is 4.43 Å². The fourth-order valence-electron chi connectivity index (χ4n) is 3.04. The summed E-state index contributed by atoms with van der Waals surface area (Å²) in [6.45, 7) is 1.97. The van der Waals surface area contributed by atoms with Gasteiger partial charge in [-0.3, -0.25) is 20.2 Å². The molecule has 0 fully saturated rings. The van der Waals surface area contributed by atoms with Gasteiger partial charge in [-0.05, 0) is 24.2 Å². The van der Waals surface area contributed by atoms with E-state index in [-0.39, 0.29) is 11.4 Å². The summed E-state index contributed by atoms with van der Waals surface area (Å²) in [5.74, 6) is 0. The molecule has 0 aliphatic rings. The zero-order chi connectivity index (χ0) is 20.1. The van der Waals surface area contributed by atoms with Gasteiger partial charge in [0.2, 0.25) is 0 Å². The molecule has 142 valence electrons. The van der Waals surface area contributed by atoms with Crippen molar-refractivity contribution in [3.05, 3.63) is 110 Å². The van der Waals surface area contributed by atoms with E-state index in [9.17, 15) is 20.2 Å². The summed E-state index contributed by atoms with van der Waals surface area (Å²) < 4.78 is 6.19. The lowest BCUT2D eigenvalue weighted by Crippen LogP contribution is -2.23. The molecule has 3 aromatic carbocycles. The third kappa shape index (κ3) is 4.13. The second-order valence-corrected chi connectivity index (χ2v) is 7.63. The molecule has 0 spiro atoms. The van der Waals surface area contributed by atoms with E-state index in [2.05, 4.69) is 0 Å². The molecule has 7 nitrogen and oxygen atoms in total. The number of hydrogen-bond donors (Lipinski definition) is 0. The van der Waals surface area contributed by atoms with Crippen molar-refractivity contribution in [3.8, 4) is 0 Å². The average molecular weight is 394 g/mol. The van der Waals surface area contributed by atoms with Crippen molar-refractivity contribution in [1.29, 1.82) is 0 Å². The minimum atomic E-state index is -1.30. The first-order valence-corrected chi connectivity index (χ1v) is 9.90. The Balaban J connectivity index is 2.09. The number of nitro benzene ring substituents is 2. The molecule has 0 heterocycles. The van der Waals surface area contributed by atoms with Gasteiger partial charge in [0.1, 0.15) is 6.10 Å². The maximum atomic E-state index is 11.5. The third-order valence-electron chi connectivity index (χ3n) is 4.50. The fraction of sp³-hybridized carbons (Fsp3) is 0.100. The molecule has 3 aromatic rings. The molecule has 0 unspecified atom stereocenters. The Kier molecular flexibility index (Phi) is 5.92. The smallest absolute Gasteiger partial charge is 0.275 e. The van der Waals surface area contributed by atoms with Gasteiger partial charge >= 0.3 is 0 Å². The predicted molar refractivity (Wildman–Crippen MR) is 108 cm³/mol. The van der Waals surface area contributed by atoms with Crippen molar-refractivity contribution < 1.29 is 14.3 Å². The second kappa shape index (κ2) is 8.55. The van der Waals surface area contributed by atoms with Gasteiger partial charge in [-0.15, -0.1) is 0 Å². The Morgan fingerprint density at radius 1 is 0.786 bits per heavy atom. The van der Waals surface area contributed by atoms with Gasteiger partial charge in [0.25, 0.3) is 11.4 Å². The molecule has 0 amide bonds. The van der Waals surface area contributed by atoms with Crippen LogP contribution in [0.1, 0.15) is 22.8 Å². The molecule has 0 aliphatic carbocycles. The van der Waals surface area contributed by atoms with Crippen molar-refractivity contribution in [2.75, 3.05) is 0 Å². The maximum absolute atomic E-state index is 11.5. The van der Waals surface area contributed by atoms with E-state index in [1.165, 1.54) is 12.1 Å². The lowest BCUT2D eigenvalue weighted by Gasteiger charge is -2.20. The van der Waals surface area contributed by atoms with E-state index in [0.29, 0.717) is 11.1 Å². The molecule has 0 N–H and O–H groups in total. The number of rotatable bonds is 7. The van der Waals surface area contributed by atoms with E-state index in [1.807, 2.05) is 31.2 Å². The normalized spacial score (nSPS) is 11.2. The maximum Gasteiger partial charge on any atom is 0.275 e. The predicted octanol–water partition coefficient (Wildman–Crippen LogP) is 3.33. The summed E-state index contributed by atoms with van der Waals surface area (Å²) >= 11 is 0. The van der Waals surface area contributed by atoms with E-state index < -0.39 is 25.7 Å². The van der Waals surface area contributed by atoms with E-state index >= 15 is 0 Å². The molecule has 0 aromatic heterocycles. The topological polar surface area (TPSA) is 95.5 Å². The number of hydrogen-bond acceptors (Lipinski definition) is 5. The highest BCUT2D eigenvalue weighted by atomic mass is 28.2. The molecule has 8 heteroatoms. The van der Waals surface area contributed by atoms with Gasteiger partial charge in [0.15, 0.2) is 9.76 Å². The van der Waals surface area contributed by atoms with Crippen LogP contribution in [0.3, 0.4) is 0 Å². The largest absolute Gasteiger partial charge is 0.407 e. The van der Waals surface area contributed by atoms with E-state index in [0.717, 1.165) is 10.8 Å². The SMILES string of the molecule is Cc1ccccc1[SiH2]OC(c1ccccc1[N+](=O)[O-])c1ccccc1[N+](=O)[O-]. The lowest BCUT2D eigenvalue weighted by molar-refractivity contribution is -0.387. The van der Waals surface area contributed by atoms with Crippen LogP contribution in [0, 0.1) is 27.2 Å². The van der Waals surface area contributed by atoms with Gasteiger partial charge in [-0.25, -0.2) is 0 Å². The van der Waals surface area contributed by atoms with Crippen LogP contribution in [0.2, 0.25) is 0 Å². The molecule has 0 saturated carbocycles. The highest BCUT2D eigenvalue weighted by molar-refractivity contribution is 6.47. The third-order valence-corrected chi connectivity index (χ3v) is 6.10. The monoisotopic (exact) mass is 394 g/mol. The summed E-state index contributed by atoms with van der Waals surface area (Å²) in [4.78, 5) is 22.1. The van der Waals surface area contributed by atoms with Crippen LogP contribution in [0.5, 0.6) is 0 Å². The molecule has 0 atom stereocenters. The van der Waals surface area contributed by atoms with Gasteiger partial charge in [0.05, 0.1) is 21.0 Å². The summed E-state index contributed by atoms with van der Waals surface area (Å²) in [6.07, 6.45) is -0.894. The standard InChI is InChI=1S/C20H18N2O5Si/c1-14-8-2-7-13-19(14)28-27-20(15-9-3-5-11-17(15)21(23)24)16-10-4-6-12-18(16)22(25)26/h2-13,20H,28H2,1H3. The van der Waals surface area contributed by atoms with Crippen LogP contribution in [0.4, 0.5) is 11.4 Å². The number of nitrogens with zero attached hydrogens (tertiary/aromatic N) is 2. The Morgan fingerprint density at radius 3 is 1.75 bits per heavy atom. The van der Waals surface area contributed by atoms with Gasteiger partial charge in [-0.2, -0.15) is 0 Å². The van der Waals surface area contributed by atoms with Crippen LogP contribution >= 0.6 is 0 Å². The quantitative estimate of drug-likeness (QED) is 0.348. The zero-order valence-corrected chi connectivity index (χ0v) is 16.6. The number of aryl methyl sites for hydroxylation is 1. The highest BCUT2D eigenvalue weighted by Crippen LogP contribution is 2.36. The molecule has 28 heavy (non-hydrogen) atoms. The molecule has 0 radical (unpaired) electrons. The minimum absolute atomic E-state index is 0.121. The first kappa shape index (κ1) is 19.4. The van der Waals surface area contributed by atoms with Crippen LogP contribution in [-0.4, -0.2) is 19.6 Å². The number of benzene rings is 3. The summed E-state index contributed by atoms with van der Waals surface area (Å²) in [7, 11) is -1.30. The Labute approximate surface area is 163 Å². The average Bonchev–Trinajstić information content (AvgIpc) is 2.70. The Bertz CT molecular complexity index is 967. The van der Waals surface area contributed by atoms with Gasteiger partial charge in [0, 0.05) is 12.1 Å². The summed E-state index contributed by atoms with van der Waals surface area (Å²) in [5.41, 5.74) is 1.44. The van der Waals surface area contributed by atoms with Crippen LogP contribution in [-0.2, 0) is 4.43 Å². The molecule has 3 rings (SSSR count). The first-order chi connectivity index (χ1) is 13.5.